The zero-order valence-corrected chi connectivity index (χ0v) is 17.1. The second kappa shape index (κ2) is 7.32. The lowest BCUT2D eigenvalue weighted by Gasteiger charge is -2.17. The monoisotopic (exact) mass is 387 g/mol. The Balaban J connectivity index is 2.04. The molecule has 1 aromatic carbocycles. The number of carbonyl (C=O) groups is 1. The van der Waals surface area contributed by atoms with Gasteiger partial charge in [0.25, 0.3) is 5.91 Å². The van der Waals surface area contributed by atoms with Crippen LogP contribution < -0.4 is 0 Å². The third-order valence-corrected chi connectivity index (χ3v) is 5.90. The van der Waals surface area contributed by atoms with Gasteiger partial charge in [-0.15, -0.1) is 11.3 Å². The second-order valence-electron chi connectivity index (χ2n) is 7.02. The van der Waals surface area contributed by atoms with Gasteiger partial charge in [0.2, 0.25) is 0 Å². The fraction of sp³-hybridized carbons (Fsp3) is 0.400. The fourth-order valence-electron chi connectivity index (χ4n) is 3.32. The molecule has 0 spiro atoms. The number of hydrogen-bond donors (Lipinski definition) is 2. The van der Waals surface area contributed by atoms with Crippen LogP contribution in [0.1, 0.15) is 44.7 Å². The number of thiophene rings is 1. The molecule has 144 valence electrons. The van der Waals surface area contributed by atoms with Gasteiger partial charge in [-0.3, -0.25) is 4.79 Å². The van der Waals surface area contributed by atoms with E-state index in [9.17, 15) is 15.0 Å². The van der Waals surface area contributed by atoms with E-state index in [1.165, 1.54) is 4.90 Å². The van der Waals surface area contributed by atoms with E-state index >= 15 is 0 Å². The first-order valence-electron chi connectivity index (χ1n) is 8.84. The van der Waals surface area contributed by atoms with Gasteiger partial charge < -0.3 is 19.7 Å². The van der Waals surface area contributed by atoms with Crippen molar-refractivity contribution in [2.75, 3.05) is 14.1 Å². The molecule has 0 aliphatic heterocycles. The summed E-state index contributed by atoms with van der Waals surface area (Å²) in [5.41, 5.74) is 3.08. The van der Waals surface area contributed by atoms with Crippen LogP contribution in [0.3, 0.4) is 0 Å². The Morgan fingerprint density at radius 1 is 1.37 bits per heavy atom. The van der Waals surface area contributed by atoms with Gasteiger partial charge >= 0.3 is 0 Å². The number of phenols is 1. The highest BCUT2D eigenvalue weighted by atomic mass is 32.1. The number of imidazole rings is 1. The van der Waals surface area contributed by atoms with Gasteiger partial charge in [-0.05, 0) is 49.8 Å². The van der Waals surface area contributed by atoms with E-state index in [-0.39, 0.29) is 11.7 Å². The average molecular weight is 388 g/mol. The van der Waals surface area contributed by atoms with Crippen molar-refractivity contribution in [3.05, 3.63) is 44.9 Å². The molecule has 0 saturated heterocycles. The quantitative estimate of drug-likeness (QED) is 0.704. The predicted molar refractivity (Wildman–Crippen MR) is 107 cm³/mol. The standard InChI is InChI=1S/C20H25N3O3S/c1-11-13(8-9-27-11)17(24)7-6-14-15(20(26)22(3)4)10-16-18(19(14)25)21-12(2)23(16)5/h8-10,17,24-25H,6-7H2,1-5H3/t17-/m1/s1. The maximum Gasteiger partial charge on any atom is 0.253 e. The van der Waals surface area contributed by atoms with Crippen LogP contribution in [0.5, 0.6) is 5.75 Å². The Bertz CT molecular complexity index is 1000. The summed E-state index contributed by atoms with van der Waals surface area (Å²) >= 11 is 1.59. The number of nitrogens with zero attached hydrogens (tertiary/aromatic N) is 3. The summed E-state index contributed by atoms with van der Waals surface area (Å²) in [6.45, 7) is 3.83. The minimum absolute atomic E-state index is 0.0237. The largest absolute Gasteiger partial charge is 0.505 e. The van der Waals surface area contributed by atoms with Crippen LogP contribution in [0.25, 0.3) is 11.0 Å². The number of phenolic OH excluding ortho intramolecular Hbond substituents is 1. The zero-order valence-electron chi connectivity index (χ0n) is 16.3. The first-order valence-corrected chi connectivity index (χ1v) is 9.71. The van der Waals surface area contributed by atoms with Gasteiger partial charge in [-0.1, -0.05) is 0 Å². The van der Waals surface area contributed by atoms with Gasteiger partial charge in [0.1, 0.15) is 17.1 Å². The molecule has 0 aliphatic carbocycles. The van der Waals surface area contributed by atoms with Crippen LogP contribution in [0, 0.1) is 13.8 Å². The number of aliphatic hydroxyl groups excluding tert-OH is 1. The summed E-state index contributed by atoms with van der Waals surface area (Å²) in [6, 6.07) is 3.71. The Hall–Kier alpha value is -2.38. The summed E-state index contributed by atoms with van der Waals surface area (Å²) in [6.07, 6.45) is 0.151. The SMILES string of the molecule is Cc1sccc1[C@H](O)CCc1c(C(=O)N(C)C)cc2c(nc(C)n2C)c1O. The Labute approximate surface area is 162 Å². The summed E-state index contributed by atoms with van der Waals surface area (Å²) in [7, 11) is 5.23. The van der Waals surface area contributed by atoms with Gasteiger partial charge in [0.15, 0.2) is 0 Å². The summed E-state index contributed by atoms with van der Waals surface area (Å²) < 4.78 is 1.86. The highest BCUT2D eigenvalue weighted by Crippen LogP contribution is 2.35. The third-order valence-electron chi connectivity index (χ3n) is 5.04. The van der Waals surface area contributed by atoms with Gasteiger partial charge in [-0.25, -0.2) is 4.98 Å². The molecule has 7 heteroatoms. The molecule has 0 bridgehead atoms. The van der Waals surface area contributed by atoms with Crippen LogP contribution in [0.15, 0.2) is 17.5 Å². The van der Waals surface area contributed by atoms with E-state index in [0.29, 0.717) is 35.0 Å². The molecule has 0 radical (unpaired) electrons. The van der Waals surface area contributed by atoms with E-state index in [2.05, 4.69) is 4.98 Å². The van der Waals surface area contributed by atoms with E-state index in [4.69, 9.17) is 0 Å². The summed E-state index contributed by atoms with van der Waals surface area (Å²) in [5.74, 6) is 0.604. The Kier molecular flexibility index (Phi) is 5.26. The second-order valence-corrected chi connectivity index (χ2v) is 8.14. The minimum atomic E-state index is -0.640. The van der Waals surface area contributed by atoms with Crippen molar-refractivity contribution in [3.63, 3.8) is 0 Å². The van der Waals surface area contributed by atoms with Crippen molar-refractivity contribution in [2.45, 2.75) is 32.8 Å². The van der Waals surface area contributed by atoms with Crippen molar-refractivity contribution < 1.29 is 15.0 Å². The third kappa shape index (κ3) is 3.44. The molecule has 1 atom stereocenters. The maximum absolute atomic E-state index is 12.7. The number of rotatable bonds is 5. The highest BCUT2D eigenvalue weighted by Gasteiger charge is 2.23. The number of amides is 1. The topological polar surface area (TPSA) is 78.6 Å². The number of aromatic nitrogens is 2. The molecule has 3 rings (SSSR count). The first kappa shape index (κ1) is 19.4. The first-order chi connectivity index (χ1) is 12.7. The van der Waals surface area contributed by atoms with Gasteiger partial charge in [0.05, 0.1) is 11.6 Å². The lowest BCUT2D eigenvalue weighted by atomic mass is 9.96. The molecule has 3 aromatic rings. The normalized spacial score (nSPS) is 12.5. The van der Waals surface area contributed by atoms with E-state index in [0.717, 1.165) is 16.3 Å². The number of aliphatic hydroxyl groups is 1. The molecular formula is C20H25N3O3S. The highest BCUT2D eigenvalue weighted by molar-refractivity contribution is 7.10. The van der Waals surface area contributed by atoms with Crippen LogP contribution in [-0.2, 0) is 13.5 Å². The maximum atomic E-state index is 12.7. The lowest BCUT2D eigenvalue weighted by Crippen LogP contribution is -2.23. The van der Waals surface area contributed by atoms with Crippen molar-refractivity contribution in [2.24, 2.45) is 7.05 Å². The molecule has 2 heterocycles. The van der Waals surface area contributed by atoms with Crippen molar-refractivity contribution in [1.82, 2.24) is 14.5 Å². The summed E-state index contributed by atoms with van der Waals surface area (Å²) in [5, 5.41) is 23.4. The van der Waals surface area contributed by atoms with E-state index in [1.54, 1.807) is 31.5 Å². The molecule has 0 fully saturated rings. The predicted octanol–water partition coefficient (Wildman–Crippen LogP) is 3.33. The number of benzene rings is 1. The molecule has 2 N–H and O–H groups in total. The van der Waals surface area contributed by atoms with Crippen LogP contribution in [-0.4, -0.2) is 44.7 Å². The van der Waals surface area contributed by atoms with E-state index < -0.39 is 6.10 Å². The molecule has 6 nitrogen and oxygen atoms in total. The molecule has 2 aromatic heterocycles. The van der Waals surface area contributed by atoms with Crippen molar-refractivity contribution in [3.8, 4) is 5.75 Å². The molecule has 0 aliphatic rings. The zero-order chi connectivity index (χ0) is 19.9. The van der Waals surface area contributed by atoms with E-state index in [1.807, 2.05) is 36.9 Å². The van der Waals surface area contributed by atoms with Crippen LogP contribution >= 0.6 is 11.3 Å². The van der Waals surface area contributed by atoms with Crippen molar-refractivity contribution >= 4 is 28.3 Å². The number of fused-ring (bicyclic) bond motifs is 1. The molecular weight excluding hydrogens is 362 g/mol. The van der Waals surface area contributed by atoms with Gasteiger partial charge in [-0.2, -0.15) is 0 Å². The summed E-state index contributed by atoms with van der Waals surface area (Å²) in [4.78, 5) is 19.7. The molecule has 27 heavy (non-hydrogen) atoms. The smallest absolute Gasteiger partial charge is 0.253 e. The molecule has 1 amide bonds. The lowest BCUT2D eigenvalue weighted by molar-refractivity contribution is 0.0825. The molecule has 0 saturated carbocycles. The number of aryl methyl sites for hydroxylation is 3. The fourth-order valence-corrected chi connectivity index (χ4v) is 4.08. The Morgan fingerprint density at radius 3 is 2.67 bits per heavy atom. The van der Waals surface area contributed by atoms with Crippen LogP contribution in [0.4, 0.5) is 0 Å². The number of hydrogen-bond acceptors (Lipinski definition) is 5. The van der Waals surface area contributed by atoms with Crippen LogP contribution in [0.2, 0.25) is 0 Å². The number of carbonyl (C=O) groups excluding carboxylic acids is 1. The average Bonchev–Trinajstić information content (AvgIpc) is 3.17. The van der Waals surface area contributed by atoms with Crippen molar-refractivity contribution in [1.29, 1.82) is 0 Å². The number of aromatic hydroxyl groups is 1. The van der Waals surface area contributed by atoms with Gasteiger partial charge in [0, 0.05) is 37.1 Å². The minimum Gasteiger partial charge on any atom is -0.505 e. The Morgan fingerprint density at radius 2 is 2.07 bits per heavy atom. The molecule has 0 unspecified atom stereocenters.